The zero-order valence-corrected chi connectivity index (χ0v) is 7.24. The first-order valence-electron chi connectivity index (χ1n) is 4.04. The first-order valence-corrected chi connectivity index (χ1v) is 4.04. The maximum absolute atomic E-state index is 11.4. The van der Waals surface area contributed by atoms with E-state index in [0.29, 0.717) is 5.69 Å². The molecule has 0 atom stereocenters. The molecule has 5 heteroatoms. The third kappa shape index (κ3) is 1.28. The van der Waals surface area contributed by atoms with Gasteiger partial charge < -0.3 is 10.5 Å². The SMILES string of the molecule is Nc1cccc2c1OCC(=O)NC2=O. The van der Waals surface area contributed by atoms with Gasteiger partial charge in [-0.05, 0) is 12.1 Å². The van der Waals surface area contributed by atoms with Crippen molar-refractivity contribution in [3.8, 4) is 5.75 Å². The Morgan fingerprint density at radius 1 is 1.36 bits per heavy atom. The van der Waals surface area contributed by atoms with E-state index < -0.39 is 11.8 Å². The van der Waals surface area contributed by atoms with E-state index in [4.69, 9.17) is 10.5 Å². The van der Waals surface area contributed by atoms with E-state index in [1.54, 1.807) is 18.2 Å². The van der Waals surface area contributed by atoms with Crippen LogP contribution in [0.4, 0.5) is 5.69 Å². The normalized spacial score (nSPS) is 15.1. The molecule has 0 fully saturated rings. The lowest BCUT2D eigenvalue weighted by Gasteiger charge is -2.06. The maximum atomic E-state index is 11.4. The van der Waals surface area contributed by atoms with Crippen LogP contribution >= 0.6 is 0 Å². The topological polar surface area (TPSA) is 81.4 Å². The van der Waals surface area contributed by atoms with Crippen LogP contribution in [0.2, 0.25) is 0 Å². The zero-order chi connectivity index (χ0) is 10.1. The minimum Gasteiger partial charge on any atom is -0.481 e. The van der Waals surface area contributed by atoms with Crippen molar-refractivity contribution >= 4 is 17.5 Å². The number of nitrogens with one attached hydrogen (secondary N) is 1. The Morgan fingerprint density at radius 2 is 2.14 bits per heavy atom. The quantitative estimate of drug-likeness (QED) is 0.445. The number of ether oxygens (including phenoxy) is 1. The average molecular weight is 192 g/mol. The van der Waals surface area contributed by atoms with Crippen LogP contribution in [0.3, 0.4) is 0 Å². The average Bonchev–Trinajstić information content (AvgIpc) is 2.28. The molecule has 2 amide bonds. The van der Waals surface area contributed by atoms with E-state index in [1.165, 1.54) is 0 Å². The van der Waals surface area contributed by atoms with Crippen molar-refractivity contribution in [1.82, 2.24) is 5.32 Å². The number of nitrogen functional groups attached to an aromatic ring is 1. The fraction of sp³-hybridized carbons (Fsp3) is 0.111. The summed E-state index contributed by atoms with van der Waals surface area (Å²) in [6, 6.07) is 4.80. The van der Waals surface area contributed by atoms with Crippen LogP contribution in [0.25, 0.3) is 0 Å². The van der Waals surface area contributed by atoms with Crippen molar-refractivity contribution in [3.05, 3.63) is 23.8 Å². The molecule has 0 bridgehead atoms. The number of amides is 2. The second-order valence-electron chi connectivity index (χ2n) is 2.89. The lowest BCUT2D eigenvalue weighted by atomic mass is 10.1. The number of carbonyl (C=O) groups excluding carboxylic acids is 2. The number of para-hydroxylation sites is 1. The number of carbonyl (C=O) groups is 2. The van der Waals surface area contributed by atoms with Crippen molar-refractivity contribution in [2.75, 3.05) is 12.3 Å². The molecule has 14 heavy (non-hydrogen) atoms. The molecule has 0 aromatic heterocycles. The molecule has 0 radical (unpaired) electrons. The Bertz CT molecular complexity index is 415. The highest BCUT2D eigenvalue weighted by molar-refractivity contribution is 6.08. The summed E-state index contributed by atoms with van der Waals surface area (Å²) in [5, 5.41) is 2.17. The Kier molecular flexibility index (Phi) is 1.85. The number of fused-ring (bicyclic) bond motifs is 1. The predicted octanol–water partition coefficient (Wildman–Crippen LogP) is -0.0824. The molecule has 5 nitrogen and oxygen atoms in total. The van der Waals surface area contributed by atoms with Gasteiger partial charge in [0, 0.05) is 0 Å². The van der Waals surface area contributed by atoms with Crippen LogP contribution in [0.1, 0.15) is 10.4 Å². The third-order valence-electron chi connectivity index (χ3n) is 1.89. The minimum atomic E-state index is -0.477. The number of hydrogen-bond acceptors (Lipinski definition) is 4. The summed E-state index contributed by atoms with van der Waals surface area (Å²) in [5.74, 6) is -0.670. The van der Waals surface area contributed by atoms with Gasteiger partial charge >= 0.3 is 0 Å². The molecule has 0 aliphatic carbocycles. The number of anilines is 1. The standard InChI is InChI=1S/C9H8N2O3/c10-6-3-1-2-5-8(6)14-4-7(12)11-9(5)13/h1-3H,4,10H2,(H,11,12,13). The van der Waals surface area contributed by atoms with Crippen molar-refractivity contribution in [2.45, 2.75) is 0 Å². The summed E-state index contributed by atoms with van der Waals surface area (Å²) < 4.78 is 5.10. The lowest BCUT2D eigenvalue weighted by Crippen LogP contribution is -2.31. The van der Waals surface area contributed by atoms with Gasteiger partial charge in [-0.3, -0.25) is 14.9 Å². The highest BCUT2D eigenvalue weighted by Crippen LogP contribution is 2.27. The second-order valence-corrected chi connectivity index (χ2v) is 2.89. The molecule has 0 saturated heterocycles. The van der Waals surface area contributed by atoms with Crippen LogP contribution in [0.5, 0.6) is 5.75 Å². The van der Waals surface area contributed by atoms with E-state index in [0.717, 1.165) is 0 Å². The smallest absolute Gasteiger partial charge is 0.264 e. The van der Waals surface area contributed by atoms with Gasteiger partial charge in [0.1, 0.15) is 0 Å². The summed E-state index contributed by atoms with van der Waals surface area (Å²) >= 11 is 0. The van der Waals surface area contributed by atoms with Crippen molar-refractivity contribution in [3.63, 3.8) is 0 Å². The number of imide groups is 1. The Hall–Kier alpha value is -2.04. The van der Waals surface area contributed by atoms with Crippen molar-refractivity contribution in [1.29, 1.82) is 0 Å². The zero-order valence-electron chi connectivity index (χ0n) is 7.24. The molecule has 1 heterocycles. The highest BCUT2D eigenvalue weighted by atomic mass is 16.5. The summed E-state index contributed by atoms with van der Waals surface area (Å²) in [6.07, 6.45) is 0. The minimum absolute atomic E-state index is 0.188. The fourth-order valence-corrected chi connectivity index (χ4v) is 1.26. The molecule has 1 aliphatic heterocycles. The van der Waals surface area contributed by atoms with Crippen LogP contribution in [0, 0.1) is 0 Å². The summed E-state index contributed by atoms with van der Waals surface area (Å²) in [7, 11) is 0. The summed E-state index contributed by atoms with van der Waals surface area (Å²) in [4.78, 5) is 22.4. The molecule has 0 unspecified atom stereocenters. The molecule has 0 spiro atoms. The summed E-state index contributed by atoms with van der Waals surface area (Å²) in [6.45, 7) is -0.188. The van der Waals surface area contributed by atoms with Gasteiger partial charge in [0.15, 0.2) is 12.4 Å². The van der Waals surface area contributed by atoms with Gasteiger partial charge in [0.25, 0.3) is 11.8 Å². The number of benzene rings is 1. The monoisotopic (exact) mass is 192 g/mol. The molecule has 72 valence electrons. The van der Waals surface area contributed by atoms with Crippen LogP contribution in [-0.4, -0.2) is 18.4 Å². The summed E-state index contributed by atoms with van der Waals surface area (Å²) in [5.41, 5.74) is 6.24. The number of rotatable bonds is 0. The highest BCUT2D eigenvalue weighted by Gasteiger charge is 2.21. The second kappa shape index (κ2) is 3.02. The molecular weight excluding hydrogens is 184 g/mol. The lowest BCUT2D eigenvalue weighted by molar-refractivity contribution is -0.121. The van der Waals surface area contributed by atoms with Crippen LogP contribution < -0.4 is 15.8 Å². The number of nitrogens with two attached hydrogens (primary N) is 1. The molecule has 1 aromatic carbocycles. The fourth-order valence-electron chi connectivity index (χ4n) is 1.26. The largest absolute Gasteiger partial charge is 0.481 e. The van der Waals surface area contributed by atoms with Gasteiger partial charge in [-0.1, -0.05) is 6.07 Å². The Balaban J connectivity index is 2.53. The van der Waals surface area contributed by atoms with Crippen LogP contribution in [0.15, 0.2) is 18.2 Å². The van der Waals surface area contributed by atoms with Gasteiger partial charge in [-0.15, -0.1) is 0 Å². The van der Waals surface area contributed by atoms with Crippen LogP contribution in [-0.2, 0) is 4.79 Å². The van der Waals surface area contributed by atoms with E-state index in [-0.39, 0.29) is 17.9 Å². The van der Waals surface area contributed by atoms with Crippen molar-refractivity contribution in [2.24, 2.45) is 0 Å². The Labute approximate surface area is 79.8 Å². The van der Waals surface area contributed by atoms with E-state index in [2.05, 4.69) is 5.32 Å². The van der Waals surface area contributed by atoms with E-state index in [1.807, 2.05) is 0 Å². The van der Waals surface area contributed by atoms with Crippen molar-refractivity contribution < 1.29 is 14.3 Å². The van der Waals surface area contributed by atoms with Gasteiger partial charge in [0.05, 0.1) is 11.3 Å². The maximum Gasteiger partial charge on any atom is 0.264 e. The number of hydrogen-bond donors (Lipinski definition) is 2. The third-order valence-corrected chi connectivity index (χ3v) is 1.89. The molecule has 2 rings (SSSR count). The van der Waals surface area contributed by atoms with Gasteiger partial charge in [-0.2, -0.15) is 0 Å². The first-order chi connectivity index (χ1) is 6.68. The van der Waals surface area contributed by atoms with E-state index in [9.17, 15) is 9.59 Å². The molecule has 1 aromatic rings. The molecule has 0 saturated carbocycles. The molecular formula is C9H8N2O3. The Morgan fingerprint density at radius 3 is 2.93 bits per heavy atom. The predicted molar refractivity (Wildman–Crippen MR) is 48.8 cm³/mol. The molecule has 1 aliphatic rings. The first kappa shape index (κ1) is 8.55. The van der Waals surface area contributed by atoms with E-state index >= 15 is 0 Å². The van der Waals surface area contributed by atoms with Gasteiger partial charge in [0.2, 0.25) is 0 Å². The molecule has 3 N–H and O–H groups in total. The van der Waals surface area contributed by atoms with Gasteiger partial charge in [-0.25, -0.2) is 0 Å².